The van der Waals surface area contributed by atoms with Gasteiger partial charge in [-0.1, -0.05) is 35.5 Å². The zero-order chi connectivity index (χ0) is 21.0. The topological polar surface area (TPSA) is 98.1 Å². The van der Waals surface area contributed by atoms with Crippen LogP contribution in [0.25, 0.3) is 0 Å². The summed E-state index contributed by atoms with van der Waals surface area (Å²) in [7, 11) is 0. The first-order valence-electron chi connectivity index (χ1n) is 10.6. The fourth-order valence-corrected chi connectivity index (χ4v) is 4.18. The van der Waals surface area contributed by atoms with Gasteiger partial charge in [0.2, 0.25) is 0 Å². The van der Waals surface area contributed by atoms with Crippen LogP contribution in [0, 0.1) is 0 Å². The van der Waals surface area contributed by atoms with E-state index in [0.29, 0.717) is 18.8 Å². The molecule has 9 heteroatoms. The highest BCUT2D eigenvalue weighted by Gasteiger charge is 2.27. The molecule has 1 fully saturated rings. The van der Waals surface area contributed by atoms with Crippen molar-refractivity contribution in [1.82, 2.24) is 35.2 Å². The number of carbonyl (C=O) groups excluding carboxylic acids is 1. The monoisotopic (exact) mass is 419 g/mol. The summed E-state index contributed by atoms with van der Waals surface area (Å²) in [6.45, 7) is 3.74. The Kier molecular flexibility index (Phi) is 5.68. The minimum absolute atomic E-state index is 0.0110. The Balaban J connectivity index is 1.14. The largest absolute Gasteiger partial charge is 0.365 e. The lowest BCUT2D eigenvalue weighted by Crippen LogP contribution is -2.44. The molecule has 2 aromatic heterocycles. The molecule has 9 nitrogen and oxygen atoms in total. The maximum Gasteiger partial charge on any atom is 0.271 e. The van der Waals surface area contributed by atoms with E-state index in [9.17, 15) is 4.79 Å². The van der Waals surface area contributed by atoms with Gasteiger partial charge in [-0.3, -0.25) is 14.7 Å². The highest BCUT2D eigenvalue weighted by Crippen LogP contribution is 2.27. The van der Waals surface area contributed by atoms with E-state index < -0.39 is 0 Å². The fourth-order valence-electron chi connectivity index (χ4n) is 4.18. The molecular weight excluding hydrogens is 394 g/mol. The van der Waals surface area contributed by atoms with Crippen LogP contribution in [0.3, 0.4) is 0 Å². The number of hydrogen-bond acceptors (Lipinski definition) is 7. The zero-order valence-electron chi connectivity index (χ0n) is 17.2. The molecular formula is C22H25N7O2. The highest BCUT2D eigenvalue weighted by molar-refractivity contribution is 5.92. The third-order valence-electron chi connectivity index (χ3n) is 5.94. The number of amides is 1. The van der Waals surface area contributed by atoms with Crippen LogP contribution in [0.2, 0.25) is 0 Å². The molecule has 0 unspecified atom stereocenters. The quantitative estimate of drug-likeness (QED) is 0.673. The van der Waals surface area contributed by atoms with Gasteiger partial charge in [-0.05, 0) is 18.4 Å². The Labute approximate surface area is 180 Å². The van der Waals surface area contributed by atoms with Gasteiger partial charge in [-0.25, -0.2) is 9.67 Å². The molecule has 0 bridgehead atoms. The summed E-state index contributed by atoms with van der Waals surface area (Å²) in [5.41, 5.74) is 3.56. The first kappa shape index (κ1) is 19.8. The van der Waals surface area contributed by atoms with Gasteiger partial charge in [-0.2, -0.15) is 0 Å². The number of piperidine rings is 1. The Morgan fingerprint density at radius 1 is 1.16 bits per heavy atom. The van der Waals surface area contributed by atoms with E-state index in [4.69, 9.17) is 4.74 Å². The summed E-state index contributed by atoms with van der Waals surface area (Å²) in [6.07, 6.45) is 6.37. The van der Waals surface area contributed by atoms with Gasteiger partial charge in [-0.15, -0.1) is 5.10 Å². The van der Waals surface area contributed by atoms with Crippen LogP contribution in [0.5, 0.6) is 0 Å². The predicted octanol–water partition coefficient (Wildman–Crippen LogP) is 1.73. The number of benzene rings is 1. The molecule has 0 saturated carbocycles. The molecule has 1 aromatic carbocycles. The van der Waals surface area contributed by atoms with Crippen LogP contribution in [0.1, 0.15) is 46.4 Å². The molecule has 3 aromatic rings. The molecule has 2 aliphatic rings. The summed E-state index contributed by atoms with van der Waals surface area (Å²) in [4.78, 5) is 22.7. The second-order valence-electron chi connectivity index (χ2n) is 7.99. The van der Waals surface area contributed by atoms with Gasteiger partial charge in [0.15, 0.2) is 0 Å². The normalized spacial score (nSPS) is 19.7. The SMILES string of the molecule is O=C(NC1CCN(Cc2nnn3c2CO[C@@H](c2ccccc2)C3)CC1)c1cnccn1. The smallest absolute Gasteiger partial charge is 0.271 e. The number of carbonyl (C=O) groups is 1. The standard InChI is InChI=1S/C22H25N7O2/c30-22(18-12-23-8-9-24-18)25-17-6-10-28(11-7-17)13-19-20-15-31-21(14-29(20)27-26-19)16-4-2-1-3-5-16/h1-5,8-9,12,17,21H,6-7,10-11,13-15H2,(H,25,30)/t21-/m1/s1. The first-order chi connectivity index (χ1) is 15.3. The highest BCUT2D eigenvalue weighted by atomic mass is 16.5. The average Bonchev–Trinajstić information content (AvgIpc) is 3.23. The van der Waals surface area contributed by atoms with Crippen molar-refractivity contribution in [2.24, 2.45) is 0 Å². The van der Waals surface area contributed by atoms with Crippen molar-refractivity contribution < 1.29 is 9.53 Å². The molecule has 5 rings (SSSR count). The second kappa shape index (κ2) is 8.91. The maximum absolute atomic E-state index is 12.3. The van der Waals surface area contributed by atoms with Crippen molar-refractivity contribution >= 4 is 5.91 Å². The average molecular weight is 419 g/mol. The van der Waals surface area contributed by atoms with Crippen LogP contribution in [-0.4, -0.2) is 54.9 Å². The van der Waals surface area contributed by atoms with Crippen molar-refractivity contribution in [1.29, 1.82) is 0 Å². The number of hydrogen-bond donors (Lipinski definition) is 1. The van der Waals surface area contributed by atoms with Gasteiger partial charge in [0.05, 0.1) is 25.0 Å². The minimum Gasteiger partial charge on any atom is -0.365 e. The number of nitrogens with one attached hydrogen (secondary N) is 1. The second-order valence-corrected chi connectivity index (χ2v) is 7.99. The van der Waals surface area contributed by atoms with E-state index in [2.05, 4.69) is 42.6 Å². The summed E-state index contributed by atoms with van der Waals surface area (Å²) < 4.78 is 8.08. The van der Waals surface area contributed by atoms with E-state index in [0.717, 1.165) is 49.4 Å². The van der Waals surface area contributed by atoms with Crippen LogP contribution in [0.4, 0.5) is 0 Å². The molecule has 1 amide bonds. The van der Waals surface area contributed by atoms with E-state index in [-0.39, 0.29) is 18.1 Å². The molecule has 1 atom stereocenters. The van der Waals surface area contributed by atoms with Crippen LogP contribution in [-0.2, 0) is 24.4 Å². The van der Waals surface area contributed by atoms with Crippen molar-refractivity contribution in [3.05, 3.63) is 71.6 Å². The molecule has 2 aliphatic heterocycles. The summed E-state index contributed by atoms with van der Waals surface area (Å²) >= 11 is 0. The van der Waals surface area contributed by atoms with Gasteiger partial charge >= 0.3 is 0 Å². The Morgan fingerprint density at radius 3 is 2.77 bits per heavy atom. The molecule has 31 heavy (non-hydrogen) atoms. The summed E-state index contributed by atoms with van der Waals surface area (Å²) in [6, 6.07) is 10.4. The zero-order valence-corrected chi connectivity index (χ0v) is 17.2. The third kappa shape index (κ3) is 4.47. The molecule has 4 heterocycles. The van der Waals surface area contributed by atoms with E-state index >= 15 is 0 Å². The van der Waals surface area contributed by atoms with Gasteiger partial charge in [0, 0.05) is 38.1 Å². The lowest BCUT2D eigenvalue weighted by atomic mass is 10.0. The number of aromatic nitrogens is 5. The van der Waals surface area contributed by atoms with E-state index in [1.165, 1.54) is 12.4 Å². The number of fused-ring (bicyclic) bond motifs is 1. The lowest BCUT2D eigenvalue weighted by Gasteiger charge is -2.32. The summed E-state index contributed by atoms with van der Waals surface area (Å²) in [5.74, 6) is -0.163. The lowest BCUT2D eigenvalue weighted by molar-refractivity contribution is -0.00216. The van der Waals surface area contributed by atoms with Gasteiger partial charge < -0.3 is 10.1 Å². The van der Waals surface area contributed by atoms with Gasteiger partial charge in [0.1, 0.15) is 17.5 Å². The molecule has 0 radical (unpaired) electrons. The van der Waals surface area contributed by atoms with Crippen molar-refractivity contribution in [2.45, 2.75) is 44.7 Å². The van der Waals surface area contributed by atoms with E-state index in [1.54, 1.807) is 6.20 Å². The van der Waals surface area contributed by atoms with Crippen molar-refractivity contribution in [3.8, 4) is 0 Å². The molecule has 1 saturated heterocycles. The molecule has 0 spiro atoms. The number of likely N-dealkylation sites (tertiary alicyclic amines) is 1. The van der Waals surface area contributed by atoms with E-state index in [1.807, 2.05) is 22.9 Å². The maximum atomic E-state index is 12.3. The molecule has 160 valence electrons. The number of rotatable bonds is 5. The molecule has 1 N–H and O–H groups in total. The Bertz CT molecular complexity index is 1020. The minimum atomic E-state index is -0.163. The first-order valence-corrected chi connectivity index (χ1v) is 10.6. The Hall–Kier alpha value is -3.17. The van der Waals surface area contributed by atoms with Crippen LogP contribution < -0.4 is 5.32 Å². The van der Waals surface area contributed by atoms with Crippen molar-refractivity contribution in [2.75, 3.05) is 13.1 Å². The van der Waals surface area contributed by atoms with Crippen LogP contribution >= 0.6 is 0 Å². The van der Waals surface area contributed by atoms with Gasteiger partial charge in [0.25, 0.3) is 5.91 Å². The number of ether oxygens (including phenoxy) is 1. The fraction of sp³-hybridized carbons (Fsp3) is 0.409. The summed E-state index contributed by atoms with van der Waals surface area (Å²) in [5, 5.41) is 11.9. The van der Waals surface area contributed by atoms with Crippen LogP contribution in [0.15, 0.2) is 48.9 Å². The predicted molar refractivity (Wildman–Crippen MR) is 112 cm³/mol. The number of nitrogens with zero attached hydrogens (tertiary/aromatic N) is 6. The third-order valence-corrected chi connectivity index (χ3v) is 5.94. The Morgan fingerprint density at radius 2 is 2.00 bits per heavy atom. The molecule has 0 aliphatic carbocycles. The van der Waals surface area contributed by atoms with Crippen molar-refractivity contribution in [3.63, 3.8) is 0 Å².